The van der Waals surface area contributed by atoms with Gasteiger partial charge in [0.05, 0.1) is 16.7 Å². The van der Waals surface area contributed by atoms with Gasteiger partial charge in [-0.2, -0.15) is 0 Å². The fourth-order valence-electron chi connectivity index (χ4n) is 3.48. The van der Waals surface area contributed by atoms with Crippen molar-refractivity contribution in [1.29, 1.82) is 0 Å². The highest BCUT2D eigenvalue weighted by Gasteiger charge is 2.23. The Bertz CT molecular complexity index is 992. The Morgan fingerprint density at radius 3 is 2.86 bits per heavy atom. The van der Waals surface area contributed by atoms with E-state index in [0.717, 1.165) is 23.2 Å². The van der Waals surface area contributed by atoms with Gasteiger partial charge in [-0.25, -0.2) is 4.99 Å². The summed E-state index contributed by atoms with van der Waals surface area (Å²) in [6.07, 6.45) is 9.39. The first-order chi connectivity index (χ1) is 10.9. The highest BCUT2D eigenvalue weighted by atomic mass is 14.8. The van der Waals surface area contributed by atoms with Crippen LogP contribution in [-0.4, -0.2) is 6.21 Å². The zero-order chi connectivity index (χ0) is 14.5. The Balaban J connectivity index is 1.72. The third kappa shape index (κ3) is 1.61. The number of aliphatic imine (C=N–C) groups is 1. The second kappa shape index (κ2) is 4.38. The van der Waals surface area contributed by atoms with Crippen LogP contribution >= 0.6 is 0 Å². The summed E-state index contributed by atoms with van der Waals surface area (Å²) in [5.74, 6) is 0.247. The summed E-state index contributed by atoms with van der Waals surface area (Å²) in [4.78, 5) is 9.45. The summed E-state index contributed by atoms with van der Waals surface area (Å²) in [5.41, 5.74) is 6.08. The average Bonchev–Trinajstić information content (AvgIpc) is 3.14. The molecular formula is C20H14N2. The largest absolute Gasteiger partial charge is 0.260 e. The van der Waals surface area contributed by atoms with Gasteiger partial charge >= 0.3 is 0 Å². The van der Waals surface area contributed by atoms with Crippen LogP contribution in [-0.2, 0) is 0 Å². The minimum absolute atomic E-state index is 0.247. The normalized spacial score (nSPS) is 20.3. The van der Waals surface area contributed by atoms with E-state index in [1.165, 1.54) is 21.9 Å². The Labute approximate surface area is 128 Å². The highest BCUT2D eigenvalue weighted by Crippen LogP contribution is 2.35. The summed E-state index contributed by atoms with van der Waals surface area (Å²) in [6, 6.07) is 15.0. The topological polar surface area (TPSA) is 24.7 Å². The smallest absolute Gasteiger partial charge is 0.0717 e. The quantitative estimate of drug-likeness (QED) is 0.767. The minimum Gasteiger partial charge on any atom is -0.260 e. The molecule has 2 heteroatoms. The van der Waals surface area contributed by atoms with Gasteiger partial charge in [0.1, 0.15) is 0 Å². The maximum absolute atomic E-state index is 4.80. The lowest BCUT2D eigenvalue weighted by molar-refractivity contribution is 1.12. The fourth-order valence-corrected chi connectivity index (χ4v) is 3.48. The molecule has 3 aliphatic rings. The van der Waals surface area contributed by atoms with E-state index in [0.29, 0.717) is 0 Å². The molecule has 0 saturated carbocycles. The predicted octanol–water partition coefficient (Wildman–Crippen LogP) is 3.16. The van der Waals surface area contributed by atoms with Crippen LogP contribution in [0.5, 0.6) is 0 Å². The van der Waals surface area contributed by atoms with Crippen LogP contribution in [0.3, 0.4) is 0 Å². The van der Waals surface area contributed by atoms with Crippen molar-refractivity contribution in [3.63, 3.8) is 0 Å². The van der Waals surface area contributed by atoms with Crippen molar-refractivity contribution in [1.82, 2.24) is 0 Å². The van der Waals surface area contributed by atoms with Gasteiger partial charge in [-0.05, 0) is 41.3 Å². The van der Waals surface area contributed by atoms with Gasteiger partial charge in [0, 0.05) is 17.4 Å². The summed E-state index contributed by atoms with van der Waals surface area (Å²) >= 11 is 0. The Kier molecular flexibility index (Phi) is 2.36. The third-order valence-corrected chi connectivity index (χ3v) is 4.59. The van der Waals surface area contributed by atoms with Crippen molar-refractivity contribution < 1.29 is 0 Å². The first kappa shape index (κ1) is 11.9. The van der Waals surface area contributed by atoms with E-state index < -0.39 is 0 Å². The molecule has 2 nitrogen and oxygen atoms in total. The molecule has 22 heavy (non-hydrogen) atoms. The van der Waals surface area contributed by atoms with Crippen LogP contribution in [0.15, 0.2) is 76.4 Å². The highest BCUT2D eigenvalue weighted by molar-refractivity contribution is 5.85. The van der Waals surface area contributed by atoms with E-state index >= 15 is 0 Å². The number of nitrogens with zero attached hydrogens (tertiary/aromatic N) is 2. The van der Waals surface area contributed by atoms with Crippen LogP contribution in [0.25, 0.3) is 5.57 Å². The van der Waals surface area contributed by atoms with Crippen molar-refractivity contribution in [3.8, 4) is 0 Å². The van der Waals surface area contributed by atoms with Crippen molar-refractivity contribution in [2.24, 2.45) is 9.98 Å². The minimum atomic E-state index is 0.247. The number of rotatable bonds is 1. The van der Waals surface area contributed by atoms with Crippen molar-refractivity contribution >= 4 is 17.5 Å². The summed E-state index contributed by atoms with van der Waals surface area (Å²) < 4.78 is 0. The SMILES string of the molecule is C1=CCC2=c3cc4c(cc3=NC2=C1)C(c1ccccc1)C=N4. The summed E-state index contributed by atoms with van der Waals surface area (Å²) in [6.45, 7) is 0. The summed E-state index contributed by atoms with van der Waals surface area (Å²) in [7, 11) is 0. The van der Waals surface area contributed by atoms with Gasteiger partial charge in [0.25, 0.3) is 0 Å². The summed E-state index contributed by atoms with van der Waals surface area (Å²) in [5, 5.41) is 2.34. The molecule has 0 saturated heterocycles. The van der Waals surface area contributed by atoms with Crippen LogP contribution in [0, 0.1) is 0 Å². The van der Waals surface area contributed by atoms with Gasteiger partial charge in [-0.1, -0.05) is 42.5 Å². The van der Waals surface area contributed by atoms with Crippen molar-refractivity contribution in [2.75, 3.05) is 0 Å². The first-order valence-electron chi connectivity index (χ1n) is 7.62. The number of allylic oxidation sites excluding steroid dienone is 4. The van der Waals surface area contributed by atoms with Gasteiger partial charge in [0.15, 0.2) is 0 Å². The molecule has 1 aliphatic carbocycles. The zero-order valence-corrected chi connectivity index (χ0v) is 12.0. The van der Waals surface area contributed by atoms with E-state index in [1.807, 2.05) is 0 Å². The molecule has 1 unspecified atom stereocenters. The number of hydrogen-bond donors (Lipinski definition) is 0. The molecule has 104 valence electrons. The first-order valence-corrected chi connectivity index (χ1v) is 7.62. The second-order valence-electron chi connectivity index (χ2n) is 5.87. The molecule has 0 radical (unpaired) electrons. The van der Waals surface area contributed by atoms with Crippen molar-refractivity contribution in [2.45, 2.75) is 12.3 Å². The van der Waals surface area contributed by atoms with Gasteiger partial charge in [-0.3, -0.25) is 4.99 Å². The molecule has 0 bridgehead atoms. The molecule has 0 spiro atoms. The number of fused-ring (bicyclic) bond motifs is 3. The molecule has 2 heterocycles. The van der Waals surface area contributed by atoms with Gasteiger partial charge < -0.3 is 0 Å². The Morgan fingerprint density at radius 1 is 1.05 bits per heavy atom. The fraction of sp³-hybridized carbons (Fsp3) is 0.100. The van der Waals surface area contributed by atoms with E-state index in [4.69, 9.17) is 4.99 Å². The Hall–Kier alpha value is -2.74. The lowest BCUT2D eigenvalue weighted by atomic mass is 9.92. The molecule has 2 aliphatic heterocycles. The zero-order valence-electron chi connectivity index (χ0n) is 12.0. The lowest BCUT2D eigenvalue weighted by Crippen LogP contribution is -2.23. The van der Waals surface area contributed by atoms with Gasteiger partial charge in [0.2, 0.25) is 0 Å². The molecular weight excluding hydrogens is 268 g/mol. The number of hydrogen-bond acceptors (Lipinski definition) is 2. The lowest BCUT2D eigenvalue weighted by Gasteiger charge is -2.09. The van der Waals surface area contributed by atoms with E-state index in [9.17, 15) is 0 Å². The van der Waals surface area contributed by atoms with Crippen LogP contribution < -0.4 is 10.6 Å². The predicted molar refractivity (Wildman–Crippen MR) is 88.9 cm³/mol. The standard InChI is InChI=1S/C20H14N2/c1-2-6-13(7-3-1)17-12-21-19-10-15-14-8-4-5-9-18(14)22-20(15)11-16(17)19/h1-7,9-12,17H,8H2. The molecule has 0 fully saturated rings. The van der Waals surface area contributed by atoms with Crippen LogP contribution in [0.1, 0.15) is 23.5 Å². The number of benzene rings is 2. The maximum atomic E-state index is 4.80. The van der Waals surface area contributed by atoms with Crippen molar-refractivity contribution in [3.05, 3.63) is 88.1 Å². The van der Waals surface area contributed by atoms with E-state index in [-0.39, 0.29) is 5.92 Å². The molecule has 0 N–H and O–H groups in total. The van der Waals surface area contributed by atoms with Crippen LogP contribution in [0.2, 0.25) is 0 Å². The van der Waals surface area contributed by atoms with E-state index in [1.54, 1.807) is 0 Å². The second-order valence-corrected chi connectivity index (χ2v) is 5.87. The monoisotopic (exact) mass is 282 g/mol. The molecule has 5 rings (SSSR count). The molecule has 0 aromatic heterocycles. The maximum Gasteiger partial charge on any atom is 0.0717 e. The van der Waals surface area contributed by atoms with Crippen LogP contribution in [0.4, 0.5) is 5.69 Å². The molecule has 1 atom stereocenters. The molecule has 2 aromatic rings. The molecule has 2 aromatic carbocycles. The Morgan fingerprint density at radius 2 is 1.95 bits per heavy atom. The molecule has 0 amide bonds. The third-order valence-electron chi connectivity index (χ3n) is 4.59. The average molecular weight is 282 g/mol. The van der Waals surface area contributed by atoms with Gasteiger partial charge in [-0.15, -0.1) is 0 Å². The van der Waals surface area contributed by atoms with E-state index in [2.05, 4.69) is 71.9 Å².